The van der Waals surface area contributed by atoms with Crippen molar-refractivity contribution in [2.45, 2.75) is 31.6 Å². The summed E-state index contributed by atoms with van der Waals surface area (Å²) in [6, 6.07) is 8.88. The van der Waals surface area contributed by atoms with Crippen LogP contribution in [-0.4, -0.2) is 16.8 Å². The van der Waals surface area contributed by atoms with Gasteiger partial charge in [-0.15, -0.1) is 0 Å². The summed E-state index contributed by atoms with van der Waals surface area (Å²) >= 11 is 0. The number of nitrogens with one attached hydrogen (secondary N) is 1. The largest absolute Gasteiger partial charge is 0.416 e. The zero-order valence-corrected chi connectivity index (χ0v) is 14.3. The maximum Gasteiger partial charge on any atom is 0.416 e. The number of halogens is 4. The number of amides is 3. The van der Waals surface area contributed by atoms with E-state index in [4.69, 9.17) is 0 Å². The van der Waals surface area contributed by atoms with Crippen molar-refractivity contribution >= 4 is 11.9 Å². The summed E-state index contributed by atoms with van der Waals surface area (Å²) in [6.45, 7) is 1.55. The Labute approximate surface area is 152 Å². The van der Waals surface area contributed by atoms with Gasteiger partial charge in [0.2, 0.25) is 0 Å². The zero-order valence-electron chi connectivity index (χ0n) is 14.3. The molecule has 8 heteroatoms. The first-order valence-electron chi connectivity index (χ1n) is 8.23. The third-order valence-electron chi connectivity index (χ3n) is 4.67. The fourth-order valence-electron chi connectivity index (χ4n) is 3.13. The van der Waals surface area contributed by atoms with E-state index >= 15 is 0 Å². The van der Waals surface area contributed by atoms with E-state index < -0.39 is 35.0 Å². The van der Waals surface area contributed by atoms with Crippen LogP contribution in [0.5, 0.6) is 0 Å². The van der Waals surface area contributed by atoms with E-state index in [-0.39, 0.29) is 13.0 Å². The number of carbonyl (C=O) groups is 2. The summed E-state index contributed by atoms with van der Waals surface area (Å²) in [4.78, 5) is 26.3. The Hall–Kier alpha value is -2.90. The number of carbonyl (C=O) groups excluding carboxylic acids is 2. The van der Waals surface area contributed by atoms with E-state index in [2.05, 4.69) is 5.32 Å². The zero-order chi connectivity index (χ0) is 19.8. The van der Waals surface area contributed by atoms with Gasteiger partial charge >= 0.3 is 12.2 Å². The van der Waals surface area contributed by atoms with Crippen LogP contribution >= 0.6 is 0 Å². The Morgan fingerprint density at radius 2 is 1.59 bits per heavy atom. The maximum absolute atomic E-state index is 13.2. The van der Waals surface area contributed by atoms with Crippen molar-refractivity contribution in [1.29, 1.82) is 0 Å². The van der Waals surface area contributed by atoms with Gasteiger partial charge in [-0.1, -0.05) is 31.2 Å². The Morgan fingerprint density at radius 3 is 2.11 bits per heavy atom. The monoisotopic (exact) mass is 380 g/mol. The minimum absolute atomic E-state index is 0.161. The molecule has 0 bridgehead atoms. The van der Waals surface area contributed by atoms with Crippen molar-refractivity contribution in [1.82, 2.24) is 10.2 Å². The average Bonchev–Trinajstić information content (AvgIpc) is 2.87. The molecule has 3 rings (SSSR count). The second-order valence-corrected chi connectivity index (χ2v) is 6.28. The first-order valence-corrected chi connectivity index (χ1v) is 8.23. The van der Waals surface area contributed by atoms with Gasteiger partial charge in [-0.05, 0) is 41.8 Å². The van der Waals surface area contributed by atoms with Crippen LogP contribution in [0.15, 0.2) is 48.5 Å². The molecule has 142 valence electrons. The minimum Gasteiger partial charge on any atom is -0.319 e. The molecular weight excluding hydrogens is 364 g/mol. The lowest BCUT2D eigenvalue weighted by Crippen LogP contribution is -2.43. The lowest BCUT2D eigenvalue weighted by Gasteiger charge is -2.25. The summed E-state index contributed by atoms with van der Waals surface area (Å²) in [5.74, 6) is -0.995. The van der Waals surface area contributed by atoms with E-state index in [1.165, 1.54) is 36.4 Å². The standard InChI is InChI=1S/C19H16F4N2O2/c1-2-18(13-7-9-15(20)10-8-13)16(26)25(17(27)24-18)11-12-3-5-14(6-4-12)19(21,22)23/h3-10H,2,11H2,1H3,(H,24,27). The number of hydrogen-bond acceptors (Lipinski definition) is 2. The van der Waals surface area contributed by atoms with Crippen molar-refractivity contribution in [3.05, 3.63) is 71.0 Å². The average molecular weight is 380 g/mol. The second-order valence-electron chi connectivity index (χ2n) is 6.28. The van der Waals surface area contributed by atoms with E-state index in [0.717, 1.165) is 17.0 Å². The fourth-order valence-corrected chi connectivity index (χ4v) is 3.13. The molecule has 0 saturated carbocycles. The summed E-state index contributed by atoms with van der Waals surface area (Å²) in [5, 5.41) is 2.64. The van der Waals surface area contributed by atoms with Crippen molar-refractivity contribution in [3.63, 3.8) is 0 Å². The summed E-state index contributed by atoms with van der Waals surface area (Å²) in [6.07, 6.45) is -4.22. The lowest BCUT2D eigenvalue weighted by molar-refractivity contribution is -0.137. The highest BCUT2D eigenvalue weighted by molar-refractivity contribution is 6.07. The predicted molar refractivity (Wildman–Crippen MR) is 88.9 cm³/mol. The number of hydrogen-bond donors (Lipinski definition) is 1. The van der Waals surface area contributed by atoms with Crippen molar-refractivity contribution in [3.8, 4) is 0 Å². The Bertz CT molecular complexity index is 863. The van der Waals surface area contributed by atoms with Crippen molar-refractivity contribution in [2.75, 3.05) is 0 Å². The molecule has 1 N–H and O–H groups in total. The molecule has 1 aliphatic heterocycles. The third-order valence-corrected chi connectivity index (χ3v) is 4.67. The summed E-state index contributed by atoms with van der Waals surface area (Å²) < 4.78 is 51.2. The molecule has 1 heterocycles. The SMILES string of the molecule is CCC1(c2ccc(F)cc2)NC(=O)N(Cc2ccc(C(F)(F)F)cc2)C1=O. The normalized spacial score (nSPS) is 20.1. The van der Waals surface area contributed by atoms with Crippen LogP contribution in [0.1, 0.15) is 30.0 Å². The number of benzene rings is 2. The van der Waals surface area contributed by atoms with Crippen LogP contribution in [-0.2, 0) is 23.1 Å². The van der Waals surface area contributed by atoms with Gasteiger partial charge in [-0.25, -0.2) is 9.18 Å². The molecule has 4 nitrogen and oxygen atoms in total. The van der Waals surface area contributed by atoms with Crippen LogP contribution in [0.3, 0.4) is 0 Å². The molecule has 3 amide bonds. The third kappa shape index (κ3) is 3.39. The van der Waals surface area contributed by atoms with Crippen LogP contribution in [0.2, 0.25) is 0 Å². The van der Waals surface area contributed by atoms with E-state index in [0.29, 0.717) is 11.1 Å². The van der Waals surface area contributed by atoms with E-state index in [9.17, 15) is 27.2 Å². The molecule has 1 atom stereocenters. The molecule has 2 aromatic carbocycles. The molecule has 2 aromatic rings. The fraction of sp³-hybridized carbons (Fsp3) is 0.263. The highest BCUT2D eigenvalue weighted by Gasteiger charge is 2.51. The van der Waals surface area contributed by atoms with Gasteiger partial charge < -0.3 is 5.32 Å². The Kier molecular flexibility index (Phi) is 4.67. The summed E-state index contributed by atoms with van der Waals surface area (Å²) in [5.41, 5.74) is -1.30. The van der Waals surface area contributed by atoms with Gasteiger partial charge in [0.05, 0.1) is 12.1 Å². The van der Waals surface area contributed by atoms with Gasteiger partial charge in [0, 0.05) is 0 Å². The molecule has 1 saturated heterocycles. The Balaban J connectivity index is 1.86. The first kappa shape index (κ1) is 18.9. The molecule has 1 unspecified atom stereocenters. The Morgan fingerprint density at radius 1 is 1.00 bits per heavy atom. The predicted octanol–water partition coefficient (Wildman–Crippen LogP) is 4.20. The van der Waals surface area contributed by atoms with E-state index in [1.54, 1.807) is 6.92 Å². The molecule has 1 fully saturated rings. The summed E-state index contributed by atoms with van der Waals surface area (Å²) in [7, 11) is 0. The van der Waals surface area contributed by atoms with Crippen molar-refractivity contribution < 1.29 is 27.2 Å². The quantitative estimate of drug-likeness (QED) is 0.638. The van der Waals surface area contributed by atoms with Crippen LogP contribution in [0, 0.1) is 5.82 Å². The van der Waals surface area contributed by atoms with Crippen LogP contribution in [0.25, 0.3) is 0 Å². The first-order chi connectivity index (χ1) is 12.7. The minimum atomic E-state index is -4.46. The number of rotatable bonds is 4. The lowest BCUT2D eigenvalue weighted by atomic mass is 9.87. The van der Waals surface area contributed by atoms with Gasteiger partial charge in [-0.3, -0.25) is 9.69 Å². The maximum atomic E-state index is 13.2. The number of urea groups is 1. The number of imide groups is 1. The van der Waals surface area contributed by atoms with Crippen LogP contribution in [0.4, 0.5) is 22.4 Å². The van der Waals surface area contributed by atoms with Gasteiger partial charge in [0.25, 0.3) is 5.91 Å². The highest BCUT2D eigenvalue weighted by atomic mass is 19.4. The number of alkyl halides is 3. The highest BCUT2D eigenvalue weighted by Crippen LogP contribution is 2.34. The molecular formula is C19H16F4N2O2. The van der Waals surface area contributed by atoms with Gasteiger partial charge in [0.1, 0.15) is 11.4 Å². The van der Waals surface area contributed by atoms with Gasteiger partial charge in [0.15, 0.2) is 0 Å². The molecule has 0 aromatic heterocycles. The molecule has 0 aliphatic carbocycles. The van der Waals surface area contributed by atoms with Crippen molar-refractivity contribution in [2.24, 2.45) is 0 Å². The second kappa shape index (κ2) is 6.68. The molecule has 0 spiro atoms. The topological polar surface area (TPSA) is 49.4 Å². The number of nitrogens with zero attached hydrogens (tertiary/aromatic N) is 1. The molecule has 0 radical (unpaired) electrons. The molecule has 27 heavy (non-hydrogen) atoms. The smallest absolute Gasteiger partial charge is 0.319 e. The van der Waals surface area contributed by atoms with Crippen LogP contribution < -0.4 is 5.32 Å². The molecule has 1 aliphatic rings. The van der Waals surface area contributed by atoms with Gasteiger partial charge in [-0.2, -0.15) is 13.2 Å². The van der Waals surface area contributed by atoms with E-state index in [1.807, 2.05) is 0 Å².